The predicted molar refractivity (Wildman–Crippen MR) is 106 cm³/mol. The van der Waals surface area contributed by atoms with Crippen LogP contribution < -0.4 is 10.2 Å². The molecule has 0 aliphatic carbocycles. The van der Waals surface area contributed by atoms with Gasteiger partial charge in [0.1, 0.15) is 0 Å². The van der Waals surface area contributed by atoms with E-state index < -0.39 is 0 Å². The van der Waals surface area contributed by atoms with Gasteiger partial charge in [-0.3, -0.25) is 14.5 Å². The molecule has 1 N–H and O–H groups in total. The predicted octanol–water partition coefficient (Wildman–Crippen LogP) is 1.59. The van der Waals surface area contributed by atoms with E-state index in [1.807, 2.05) is 0 Å². The number of carbonyl (C=O) groups is 2. The van der Waals surface area contributed by atoms with Crippen LogP contribution in [-0.2, 0) is 4.79 Å². The van der Waals surface area contributed by atoms with Crippen molar-refractivity contribution in [3.05, 3.63) is 42.5 Å². The zero-order chi connectivity index (χ0) is 19.1. The molecule has 6 heteroatoms. The third kappa shape index (κ3) is 5.16. The normalized spacial score (nSPS) is 16.7. The molecule has 1 aromatic rings. The molecule has 2 amide bonds. The van der Waals surface area contributed by atoms with Crippen LogP contribution in [0.25, 0.3) is 0 Å². The Bertz CT molecular complexity index is 621. The van der Waals surface area contributed by atoms with E-state index in [4.69, 9.17) is 0 Å². The summed E-state index contributed by atoms with van der Waals surface area (Å²) in [6.07, 6.45) is 1.27. The van der Waals surface area contributed by atoms with Gasteiger partial charge in [-0.2, -0.15) is 0 Å². The first-order valence-electron chi connectivity index (χ1n) is 9.21. The molecule has 0 aromatic heterocycles. The Morgan fingerprint density at radius 2 is 1.85 bits per heavy atom. The van der Waals surface area contributed by atoms with Gasteiger partial charge >= 0.3 is 0 Å². The van der Waals surface area contributed by atoms with Gasteiger partial charge in [-0.25, -0.2) is 0 Å². The zero-order valence-corrected chi connectivity index (χ0v) is 16.1. The summed E-state index contributed by atoms with van der Waals surface area (Å²) in [6, 6.07) is 7.33. The Morgan fingerprint density at radius 3 is 2.38 bits per heavy atom. The maximum Gasteiger partial charge on any atom is 0.251 e. The van der Waals surface area contributed by atoms with E-state index in [9.17, 15) is 9.59 Å². The lowest BCUT2D eigenvalue weighted by Crippen LogP contribution is -2.52. The van der Waals surface area contributed by atoms with Gasteiger partial charge in [0.05, 0.1) is 0 Å². The van der Waals surface area contributed by atoms with Crippen molar-refractivity contribution in [1.82, 2.24) is 15.1 Å². The quantitative estimate of drug-likeness (QED) is 0.752. The van der Waals surface area contributed by atoms with Crippen molar-refractivity contribution in [2.75, 3.05) is 51.2 Å². The van der Waals surface area contributed by atoms with Crippen molar-refractivity contribution in [2.45, 2.75) is 19.9 Å². The van der Waals surface area contributed by atoms with E-state index in [-0.39, 0.29) is 11.8 Å². The first-order valence-corrected chi connectivity index (χ1v) is 9.21. The first-order chi connectivity index (χ1) is 12.5. The molecule has 1 atom stereocenters. The molecule has 1 aliphatic rings. The Kier molecular flexibility index (Phi) is 7.36. The lowest BCUT2D eigenvalue weighted by atomic mass is 10.1. The van der Waals surface area contributed by atoms with E-state index in [1.54, 1.807) is 31.3 Å². The van der Waals surface area contributed by atoms with E-state index in [0.717, 1.165) is 38.4 Å². The summed E-state index contributed by atoms with van der Waals surface area (Å²) in [5.41, 5.74) is 1.32. The highest BCUT2D eigenvalue weighted by Gasteiger charge is 2.20. The molecule has 0 spiro atoms. The molecule has 1 fully saturated rings. The molecule has 142 valence electrons. The largest absolute Gasteiger partial charge is 0.350 e. The van der Waals surface area contributed by atoms with Crippen molar-refractivity contribution in [3.8, 4) is 0 Å². The molecule has 0 bridgehead atoms. The molecule has 1 heterocycles. The lowest BCUT2D eigenvalue weighted by molar-refractivity contribution is -0.113. The average molecular weight is 358 g/mol. The van der Waals surface area contributed by atoms with Gasteiger partial charge < -0.3 is 15.1 Å². The standard InChI is InChI=1S/C20H30N4O2/c1-5-19(25)22(4)18-9-7-17(8-10-18)20(26)21-15-16(3)24-13-11-23(6-2)12-14-24/h5,7-10,16H,1,6,11-15H2,2-4H3,(H,21,26). The van der Waals surface area contributed by atoms with E-state index in [0.29, 0.717) is 18.2 Å². The molecule has 0 saturated carbocycles. The number of nitrogens with zero attached hydrogens (tertiary/aromatic N) is 3. The second kappa shape index (κ2) is 9.50. The summed E-state index contributed by atoms with van der Waals surface area (Å²) < 4.78 is 0. The van der Waals surface area contributed by atoms with E-state index in [2.05, 4.69) is 35.5 Å². The van der Waals surface area contributed by atoms with Crippen molar-refractivity contribution in [2.24, 2.45) is 0 Å². The number of carbonyl (C=O) groups excluding carboxylic acids is 2. The molecular formula is C20H30N4O2. The van der Waals surface area contributed by atoms with Crippen molar-refractivity contribution >= 4 is 17.5 Å². The van der Waals surface area contributed by atoms with Gasteiger partial charge in [-0.1, -0.05) is 13.5 Å². The Labute approximate surface area is 156 Å². The highest BCUT2D eigenvalue weighted by molar-refractivity contribution is 6.01. The van der Waals surface area contributed by atoms with Gasteiger partial charge in [0, 0.05) is 57.1 Å². The van der Waals surface area contributed by atoms with Crippen molar-refractivity contribution in [1.29, 1.82) is 0 Å². The summed E-state index contributed by atoms with van der Waals surface area (Å²) in [4.78, 5) is 30.3. The maximum atomic E-state index is 12.4. The molecule has 0 radical (unpaired) electrons. The van der Waals surface area contributed by atoms with Crippen LogP contribution in [0.15, 0.2) is 36.9 Å². The van der Waals surface area contributed by atoms with Crippen LogP contribution >= 0.6 is 0 Å². The smallest absolute Gasteiger partial charge is 0.251 e. The number of amides is 2. The molecule has 1 aliphatic heterocycles. The number of piperazine rings is 1. The SMILES string of the molecule is C=CC(=O)N(C)c1ccc(C(=O)NCC(C)N2CCN(CC)CC2)cc1. The first kappa shape index (κ1) is 20.1. The Morgan fingerprint density at radius 1 is 1.23 bits per heavy atom. The summed E-state index contributed by atoms with van der Waals surface area (Å²) in [7, 11) is 1.68. The molecule has 6 nitrogen and oxygen atoms in total. The summed E-state index contributed by atoms with van der Waals surface area (Å²) in [5, 5.41) is 3.01. The maximum absolute atomic E-state index is 12.4. The molecule has 26 heavy (non-hydrogen) atoms. The van der Waals surface area contributed by atoms with E-state index in [1.165, 1.54) is 11.0 Å². The van der Waals surface area contributed by atoms with Crippen LogP contribution in [0, 0.1) is 0 Å². The number of rotatable bonds is 7. The number of nitrogens with one attached hydrogen (secondary N) is 1. The van der Waals surface area contributed by atoms with Crippen LogP contribution in [-0.4, -0.2) is 74.0 Å². The minimum Gasteiger partial charge on any atom is -0.350 e. The van der Waals surface area contributed by atoms with Crippen LogP contribution in [0.1, 0.15) is 24.2 Å². The number of hydrogen-bond acceptors (Lipinski definition) is 4. The Balaban J connectivity index is 1.84. The highest BCUT2D eigenvalue weighted by atomic mass is 16.2. The number of benzene rings is 1. The van der Waals surface area contributed by atoms with Gasteiger partial charge in [0.15, 0.2) is 0 Å². The van der Waals surface area contributed by atoms with Crippen LogP contribution in [0.3, 0.4) is 0 Å². The fourth-order valence-corrected chi connectivity index (χ4v) is 3.09. The average Bonchev–Trinajstić information content (AvgIpc) is 2.70. The number of anilines is 1. The summed E-state index contributed by atoms with van der Waals surface area (Å²) in [5.74, 6) is -0.271. The fourth-order valence-electron chi connectivity index (χ4n) is 3.09. The Hall–Kier alpha value is -2.18. The minimum absolute atomic E-state index is 0.0895. The molecule has 1 aromatic carbocycles. The van der Waals surface area contributed by atoms with Crippen LogP contribution in [0.4, 0.5) is 5.69 Å². The lowest BCUT2D eigenvalue weighted by Gasteiger charge is -2.37. The van der Waals surface area contributed by atoms with Crippen LogP contribution in [0.5, 0.6) is 0 Å². The monoisotopic (exact) mass is 358 g/mol. The second-order valence-corrected chi connectivity index (χ2v) is 6.68. The fraction of sp³-hybridized carbons (Fsp3) is 0.500. The van der Waals surface area contributed by atoms with Gasteiger partial charge in [-0.05, 0) is 43.8 Å². The number of hydrogen-bond donors (Lipinski definition) is 1. The molecule has 2 rings (SSSR count). The van der Waals surface area contributed by atoms with Crippen LogP contribution in [0.2, 0.25) is 0 Å². The highest BCUT2D eigenvalue weighted by Crippen LogP contribution is 2.14. The van der Waals surface area contributed by atoms with Gasteiger partial charge in [0.25, 0.3) is 5.91 Å². The third-order valence-corrected chi connectivity index (χ3v) is 5.06. The third-order valence-electron chi connectivity index (χ3n) is 5.06. The summed E-state index contributed by atoms with van der Waals surface area (Å²) >= 11 is 0. The van der Waals surface area contributed by atoms with Crippen molar-refractivity contribution in [3.63, 3.8) is 0 Å². The van der Waals surface area contributed by atoms with Gasteiger partial charge in [0.2, 0.25) is 5.91 Å². The van der Waals surface area contributed by atoms with E-state index >= 15 is 0 Å². The topological polar surface area (TPSA) is 55.9 Å². The van der Waals surface area contributed by atoms with Crippen molar-refractivity contribution < 1.29 is 9.59 Å². The molecule has 1 unspecified atom stereocenters. The minimum atomic E-state index is -0.181. The molecular weight excluding hydrogens is 328 g/mol. The molecule has 1 saturated heterocycles. The zero-order valence-electron chi connectivity index (χ0n) is 16.1. The summed E-state index contributed by atoms with van der Waals surface area (Å²) in [6.45, 7) is 13.8. The number of likely N-dealkylation sites (N-methyl/N-ethyl adjacent to an activating group) is 2. The van der Waals surface area contributed by atoms with Gasteiger partial charge in [-0.15, -0.1) is 0 Å². The second-order valence-electron chi connectivity index (χ2n) is 6.68.